The summed E-state index contributed by atoms with van der Waals surface area (Å²) in [7, 11) is 0. The Labute approximate surface area is 156 Å². The summed E-state index contributed by atoms with van der Waals surface area (Å²) >= 11 is 0. The highest BCUT2D eigenvalue weighted by Crippen LogP contribution is 2.23. The van der Waals surface area contributed by atoms with Crippen LogP contribution in [0.3, 0.4) is 0 Å². The number of aliphatic imine (C=N–C) groups is 1. The van der Waals surface area contributed by atoms with Crippen molar-refractivity contribution in [1.29, 1.82) is 5.26 Å². The van der Waals surface area contributed by atoms with Crippen molar-refractivity contribution in [3.05, 3.63) is 24.5 Å². The molecule has 0 aliphatic heterocycles. The average molecular weight is 358 g/mol. The minimum Gasteiger partial charge on any atom is -0.355 e. The van der Waals surface area contributed by atoms with Gasteiger partial charge in [0, 0.05) is 31.2 Å². The molecule has 1 saturated carbocycles. The smallest absolute Gasteiger partial charge is 0.211 e. The van der Waals surface area contributed by atoms with Crippen LogP contribution in [0.25, 0.3) is 0 Å². The van der Waals surface area contributed by atoms with E-state index in [-0.39, 0.29) is 0 Å². The molecule has 1 aromatic heterocycles. The molecule has 0 aromatic carbocycles. The quantitative estimate of drug-likeness (QED) is 0.195. The van der Waals surface area contributed by atoms with E-state index in [1.54, 1.807) is 12.4 Å². The summed E-state index contributed by atoms with van der Waals surface area (Å²) in [6.45, 7) is 2.48. The maximum atomic E-state index is 8.78. The molecular weight excluding hydrogens is 328 g/mol. The van der Waals surface area contributed by atoms with E-state index >= 15 is 0 Å². The first-order valence-corrected chi connectivity index (χ1v) is 9.61. The van der Waals surface area contributed by atoms with Crippen LogP contribution >= 0.6 is 0 Å². The molecule has 1 aromatic rings. The van der Waals surface area contributed by atoms with Gasteiger partial charge in [-0.15, -0.1) is 4.99 Å². The number of hydrogen-bond acceptors (Lipinski definition) is 5. The Morgan fingerprint density at radius 2 is 1.92 bits per heavy atom. The van der Waals surface area contributed by atoms with E-state index in [1.165, 1.54) is 32.1 Å². The molecule has 1 aliphatic rings. The van der Waals surface area contributed by atoms with Crippen molar-refractivity contribution in [2.75, 3.05) is 25.0 Å². The lowest BCUT2D eigenvalue weighted by atomic mass is 9.90. The Kier molecular flexibility index (Phi) is 10.1. The van der Waals surface area contributed by atoms with E-state index in [4.69, 9.17) is 10.1 Å². The van der Waals surface area contributed by atoms with Crippen LogP contribution in [-0.4, -0.2) is 30.6 Å². The van der Waals surface area contributed by atoms with Gasteiger partial charge < -0.3 is 15.5 Å². The molecule has 0 amide bonds. The summed E-state index contributed by atoms with van der Waals surface area (Å²) < 4.78 is 0. The van der Waals surface area contributed by atoms with Gasteiger partial charge in [0.25, 0.3) is 0 Å². The van der Waals surface area contributed by atoms with Gasteiger partial charge in [0.05, 0.1) is 6.61 Å². The highest BCUT2D eigenvalue weighted by molar-refractivity contribution is 5.94. The number of nitriles is 1. The first-order valence-electron chi connectivity index (χ1n) is 9.61. The molecule has 1 fully saturated rings. The van der Waals surface area contributed by atoms with Crippen LogP contribution in [0.2, 0.25) is 0 Å². The number of hydroxylamine groups is 1. The number of pyridine rings is 1. The molecule has 1 heterocycles. The molecule has 7 heteroatoms. The van der Waals surface area contributed by atoms with Gasteiger partial charge in [0.15, 0.2) is 0 Å². The molecule has 26 heavy (non-hydrogen) atoms. The molecule has 142 valence electrons. The van der Waals surface area contributed by atoms with E-state index < -0.39 is 0 Å². The summed E-state index contributed by atoms with van der Waals surface area (Å²) in [4.78, 5) is 13.3. The Hall–Kier alpha value is -2.17. The topological polar surface area (TPSA) is 94.4 Å². The molecule has 7 nitrogen and oxygen atoms in total. The van der Waals surface area contributed by atoms with Crippen molar-refractivity contribution < 1.29 is 4.84 Å². The first kappa shape index (κ1) is 20.1. The number of unbranched alkanes of at least 4 members (excludes halogenated alkanes) is 2. The van der Waals surface area contributed by atoms with Crippen molar-refractivity contribution in [2.24, 2.45) is 10.9 Å². The van der Waals surface area contributed by atoms with Crippen molar-refractivity contribution in [3.63, 3.8) is 0 Å². The van der Waals surface area contributed by atoms with Crippen LogP contribution in [0.15, 0.2) is 29.5 Å². The third-order valence-corrected chi connectivity index (χ3v) is 4.50. The van der Waals surface area contributed by atoms with Crippen LogP contribution in [0.1, 0.15) is 51.4 Å². The lowest BCUT2D eigenvalue weighted by Gasteiger charge is -2.21. The second-order valence-electron chi connectivity index (χ2n) is 6.62. The zero-order valence-corrected chi connectivity index (χ0v) is 15.4. The van der Waals surface area contributed by atoms with E-state index in [0.717, 1.165) is 50.6 Å². The predicted molar refractivity (Wildman–Crippen MR) is 103 cm³/mol. The van der Waals surface area contributed by atoms with Crippen LogP contribution < -0.4 is 16.1 Å². The Balaban J connectivity index is 1.47. The van der Waals surface area contributed by atoms with Crippen molar-refractivity contribution in [1.82, 2.24) is 15.8 Å². The van der Waals surface area contributed by atoms with Crippen LogP contribution in [0, 0.1) is 17.4 Å². The normalized spacial score (nSPS) is 15.4. The molecule has 3 N–H and O–H groups in total. The van der Waals surface area contributed by atoms with Crippen molar-refractivity contribution in [2.45, 2.75) is 51.4 Å². The third kappa shape index (κ3) is 8.79. The fourth-order valence-corrected chi connectivity index (χ4v) is 3.04. The SMILES string of the molecule is N#CN=C(NCCCCCNOCC1CCCCC1)Nc1ccncc1. The third-order valence-electron chi connectivity index (χ3n) is 4.50. The molecule has 0 bridgehead atoms. The number of rotatable bonds is 10. The first-order chi connectivity index (χ1) is 12.9. The van der Waals surface area contributed by atoms with Crippen LogP contribution in [0.5, 0.6) is 0 Å². The average Bonchev–Trinajstić information content (AvgIpc) is 2.68. The van der Waals surface area contributed by atoms with Gasteiger partial charge in [0.2, 0.25) is 12.2 Å². The number of guanidine groups is 1. The van der Waals surface area contributed by atoms with E-state index in [9.17, 15) is 0 Å². The number of aromatic nitrogens is 1. The number of nitrogens with zero attached hydrogens (tertiary/aromatic N) is 3. The van der Waals surface area contributed by atoms with Gasteiger partial charge in [-0.1, -0.05) is 25.7 Å². The lowest BCUT2D eigenvalue weighted by Crippen LogP contribution is -2.31. The molecular formula is C19H30N6O. The summed E-state index contributed by atoms with van der Waals surface area (Å²) in [5.41, 5.74) is 3.93. The lowest BCUT2D eigenvalue weighted by molar-refractivity contribution is 0.00863. The largest absolute Gasteiger partial charge is 0.355 e. The standard InChI is InChI=1S/C19H30N6O/c20-16-23-19(25-18-9-13-21-14-10-18)22-11-5-2-6-12-24-26-15-17-7-3-1-4-8-17/h9-10,13-14,17,24H,1-8,11-12,15H2,(H2,21,22,23,25). The highest BCUT2D eigenvalue weighted by Gasteiger charge is 2.13. The number of anilines is 1. The number of hydrogen-bond donors (Lipinski definition) is 3. The Bertz CT molecular complexity index is 551. The van der Waals surface area contributed by atoms with E-state index in [1.807, 2.05) is 18.3 Å². The van der Waals surface area contributed by atoms with Crippen molar-refractivity contribution in [3.8, 4) is 6.19 Å². The minimum atomic E-state index is 0.465. The summed E-state index contributed by atoms with van der Waals surface area (Å²) in [5.74, 6) is 1.21. The zero-order chi connectivity index (χ0) is 18.3. The van der Waals surface area contributed by atoms with Gasteiger partial charge in [-0.25, -0.2) is 5.48 Å². The van der Waals surface area contributed by atoms with Gasteiger partial charge >= 0.3 is 0 Å². The molecule has 0 radical (unpaired) electrons. The molecule has 0 spiro atoms. The van der Waals surface area contributed by atoms with Gasteiger partial charge in [-0.3, -0.25) is 4.98 Å². The number of nitrogens with one attached hydrogen (secondary N) is 3. The van der Waals surface area contributed by atoms with Gasteiger partial charge in [0.1, 0.15) is 0 Å². The maximum absolute atomic E-state index is 8.78. The molecule has 0 saturated heterocycles. The fraction of sp³-hybridized carbons (Fsp3) is 0.632. The van der Waals surface area contributed by atoms with Crippen molar-refractivity contribution >= 4 is 11.6 Å². The second-order valence-corrected chi connectivity index (χ2v) is 6.62. The van der Waals surface area contributed by atoms with Crippen LogP contribution in [-0.2, 0) is 4.84 Å². The summed E-state index contributed by atoms with van der Waals surface area (Å²) in [5, 5.41) is 15.0. The Morgan fingerprint density at radius 1 is 1.15 bits per heavy atom. The van der Waals surface area contributed by atoms with Crippen LogP contribution in [0.4, 0.5) is 5.69 Å². The zero-order valence-electron chi connectivity index (χ0n) is 15.4. The van der Waals surface area contributed by atoms with E-state index in [0.29, 0.717) is 5.96 Å². The molecule has 0 unspecified atom stereocenters. The fourth-order valence-electron chi connectivity index (χ4n) is 3.04. The predicted octanol–water partition coefficient (Wildman–Crippen LogP) is 3.19. The highest BCUT2D eigenvalue weighted by atomic mass is 16.6. The minimum absolute atomic E-state index is 0.465. The summed E-state index contributed by atoms with van der Waals surface area (Å²) in [6, 6.07) is 3.65. The van der Waals surface area contributed by atoms with Gasteiger partial charge in [-0.05, 0) is 43.7 Å². The van der Waals surface area contributed by atoms with E-state index in [2.05, 4.69) is 26.1 Å². The van der Waals surface area contributed by atoms with Gasteiger partial charge in [-0.2, -0.15) is 5.26 Å². The summed E-state index contributed by atoms with van der Waals surface area (Å²) in [6.07, 6.45) is 15.1. The second kappa shape index (κ2) is 13.1. The molecule has 1 aliphatic carbocycles. The Morgan fingerprint density at radius 3 is 2.69 bits per heavy atom. The maximum Gasteiger partial charge on any atom is 0.211 e. The molecule has 0 atom stereocenters. The molecule has 2 rings (SSSR count). The monoisotopic (exact) mass is 358 g/mol.